The standard InChI is InChI=1S/C23H25ClF3N3OS2/c1-22(11-4-12-32-2)14-30(21(31)28-16-6-8-17(33-3)9-7-16)29-20(22)15-5-10-18(19(24)13-15)23(25,26)27/h5-10,13H,4,11-12,14H2,1-3H3,(H,28,31). The number of carbonyl (C=O) groups is 1. The Morgan fingerprint density at radius 2 is 1.91 bits per heavy atom. The number of nitrogens with one attached hydrogen (secondary N) is 1. The fraction of sp³-hybridized carbons (Fsp3) is 0.391. The van der Waals surface area contributed by atoms with E-state index in [1.807, 2.05) is 43.7 Å². The third kappa shape index (κ3) is 6.19. The van der Waals surface area contributed by atoms with Crippen LogP contribution in [0.5, 0.6) is 0 Å². The van der Waals surface area contributed by atoms with Gasteiger partial charge in [-0.05, 0) is 73.1 Å². The van der Waals surface area contributed by atoms with Gasteiger partial charge in [0, 0.05) is 16.0 Å². The molecule has 4 nitrogen and oxygen atoms in total. The van der Waals surface area contributed by atoms with Gasteiger partial charge in [0.15, 0.2) is 0 Å². The van der Waals surface area contributed by atoms with Gasteiger partial charge in [-0.2, -0.15) is 30.0 Å². The molecule has 0 bridgehead atoms. The maximum absolute atomic E-state index is 13.2. The highest BCUT2D eigenvalue weighted by atomic mass is 35.5. The lowest BCUT2D eigenvalue weighted by molar-refractivity contribution is -0.137. The van der Waals surface area contributed by atoms with Crippen molar-refractivity contribution in [2.45, 2.75) is 30.8 Å². The number of alkyl halides is 3. The van der Waals surface area contributed by atoms with Gasteiger partial charge in [-0.3, -0.25) is 0 Å². The number of benzene rings is 2. The first-order chi connectivity index (χ1) is 15.6. The molecule has 178 valence electrons. The van der Waals surface area contributed by atoms with Crippen molar-refractivity contribution in [3.63, 3.8) is 0 Å². The van der Waals surface area contributed by atoms with Gasteiger partial charge in [0.05, 0.1) is 22.8 Å². The Morgan fingerprint density at radius 1 is 1.21 bits per heavy atom. The van der Waals surface area contributed by atoms with Gasteiger partial charge in [-0.25, -0.2) is 9.80 Å². The lowest BCUT2D eigenvalue weighted by Gasteiger charge is -2.26. The molecule has 2 amide bonds. The summed E-state index contributed by atoms with van der Waals surface area (Å²) < 4.78 is 39.5. The molecule has 1 aliphatic rings. The van der Waals surface area contributed by atoms with Crippen LogP contribution < -0.4 is 5.32 Å². The van der Waals surface area contributed by atoms with Crippen LogP contribution in [0.2, 0.25) is 5.02 Å². The Kier molecular flexibility index (Phi) is 8.29. The molecule has 1 heterocycles. The number of hydrogen-bond donors (Lipinski definition) is 1. The van der Waals surface area contributed by atoms with Crippen LogP contribution in [-0.4, -0.2) is 41.6 Å². The van der Waals surface area contributed by atoms with E-state index in [1.165, 1.54) is 17.1 Å². The van der Waals surface area contributed by atoms with Crippen molar-refractivity contribution >= 4 is 52.6 Å². The van der Waals surface area contributed by atoms with Gasteiger partial charge in [-0.15, -0.1) is 11.8 Å². The topological polar surface area (TPSA) is 44.7 Å². The number of carbonyl (C=O) groups excluding carboxylic acids is 1. The van der Waals surface area contributed by atoms with E-state index in [4.69, 9.17) is 11.6 Å². The number of thioether (sulfide) groups is 2. The highest BCUT2D eigenvalue weighted by Gasteiger charge is 2.42. The Balaban J connectivity index is 1.89. The molecule has 10 heteroatoms. The molecule has 33 heavy (non-hydrogen) atoms. The molecular formula is C23H25ClF3N3OS2. The SMILES string of the molecule is CSCCCC1(C)CN(C(=O)Nc2ccc(SC)cc2)N=C1c1ccc(C(F)(F)F)c(Cl)c1. The Labute approximate surface area is 205 Å². The van der Waals surface area contributed by atoms with Crippen LogP contribution in [-0.2, 0) is 6.18 Å². The van der Waals surface area contributed by atoms with Crippen molar-refractivity contribution in [1.29, 1.82) is 0 Å². The molecule has 0 aromatic heterocycles. The molecule has 0 fully saturated rings. The first-order valence-electron chi connectivity index (χ1n) is 10.2. The minimum Gasteiger partial charge on any atom is -0.306 e. The van der Waals surface area contributed by atoms with Crippen LogP contribution in [0, 0.1) is 5.41 Å². The summed E-state index contributed by atoms with van der Waals surface area (Å²) in [4.78, 5) is 14.0. The average Bonchev–Trinajstić information content (AvgIpc) is 3.11. The summed E-state index contributed by atoms with van der Waals surface area (Å²) >= 11 is 9.29. The van der Waals surface area contributed by atoms with Crippen molar-refractivity contribution < 1.29 is 18.0 Å². The number of nitrogens with zero attached hydrogens (tertiary/aromatic N) is 2. The van der Waals surface area contributed by atoms with E-state index in [2.05, 4.69) is 10.4 Å². The highest BCUT2D eigenvalue weighted by Crippen LogP contribution is 2.39. The van der Waals surface area contributed by atoms with Crippen molar-refractivity contribution in [2.24, 2.45) is 10.5 Å². The van der Waals surface area contributed by atoms with Gasteiger partial charge < -0.3 is 5.32 Å². The molecule has 0 aliphatic carbocycles. The molecule has 1 N–H and O–H groups in total. The molecule has 3 rings (SSSR count). The maximum atomic E-state index is 13.2. The molecular weight excluding hydrogens is 491 g/mol. The summed E-state index contributed by atoms with van der Waals surface area (Å²) in [6.07, 6.45) is 1.07. The van der Waals surface area contributed by atoms with E-state index >= 15 is 0 Å². The summed E-state index contributed by atoms with van der Waals surface area (Å²) in [5.74, 6) is 0.935. The minimum atomic E-state index is -4.54. The fourth-order valence-corrected chi connectivity index (χ4v) is 4.89. The van der Waals surface area contributed by atoms with Crippen LogP contribution >= 0.6 is 35.1 Å². The van der Waals surface area contributed by atoms with Crippen molar-refractivity contribution in [2.75, 3.05) is 30.1 Å². The van der Waals surface area contributed by atoms with Crippen LogP contribution in [0.4, 0.5) is 23.7 Å². The maximum Gasteiger partial charge on any atom is 0.417 e. The third-order valence-corrected chi connectivity index (χ3v) is 7.25. The monoisotopic (exact) mass is 515 g/mol. The molecule has 0 saturated heterocycles. The first-order valence-corrected chi connectivity index (χ1v) is 13.2. The van der Waals surface area contributed by atoms with E-state index < -0.39 is 23.2 Å². The van der Waals surface area contributed by atoms with Gasteiger partial charge >= 0.3 is 12.2 Å². The van der Waals surface area contributed by atoms with E-state index in [0.717, 1.165) is 29.6 Å². The average molecular weight is 516 g/mol. The lowest BCUT2D eigenvalue weighted by atomic mass is 9.78. The number of urea groups is 1. The summed E-state index contributed by atoms with van der Waals surface area (Å²) in [5.41, 5.74) is 0.284. The zero-order valence-corrected chi connectivity index (χ0v) is 20.9. The number of amides is 2. The molecule has 0 radical (unpaired) electrons. The normalized spacial score (nSPS) is 18.4. The molecule has 0 spiro atoms. The van der Waals surface area contributed by atoms with E-state index in [-0.39, 0.29) is 5.02 Å². The second-order valence-corrected chi connectivity index (χ2v) is 10.3. The second kappa shape index (κ2) is 10.6. The molecule has 1 aliphatic heterocycles. The number of halogens is 4. The fourth-order valence-electron chi connectivity index (χ4n) is 3.76. The highest BCUT2D eigenvalue weighted by molar-refractivity contribution is 7.98. The quantitative estimate of drug-likeness (QED) is 0.307. The van der Waals surface area contributed by atoms with Crippen molar-refractivity contribution in [3.05, 3.63) is 58.6 Å². The third-order valence-electron chi connectivity index (χ3n) is 5.49. The number of rotatable bonds is 7. The van der Waals surface area contributed by atoms with E-state index in [0.29, 0.717) is 23.5 Å². The summed E-state index contributed by atoms with van der Waals surface area (Å²) in [5, 5.41) is 8.35. The second-order valence-electron chi connectivity index (χ2n) is 8.01. The Hall–Kier alpha value is -1.84. The molecule has 1 atom stereocenters. The molecule has 2 aromatic carbocycles. The van der Waals surface area contributed by atoms with Gasteiger partial charge in [0.2, 0.25) is 0 Å². The van der Waals surface area contributed by atoms with Crippen LogP contribution in [0.1, 0.15) is 30.9 Å². The summed E-state index contributed by atoms with van der Waals surface area (Å²) in [6.45, 7) is 2.31. The predicted molar refractivity (Wildman–Crippen MR) is 133 cm³/mol. The zero-order valence-electron chi connectivity index (χ0n) is 18.5. The number of hydrogen-bond acceptors (Lipinski definition) is 4. The number of hydrazone groups is 1. The smallest absolute Gasteiger partial charge is 0.306 e. The van der Waals surface area contributed by atoms with Crippen molar-refractivity contribution in [1.82, 2.24) is 5.01 Å². The van der Waals surface area contributed by atoms with Crippen LogP contribution in [0.3, 0.4) is 0 Å². The molecule has 2 aromatic rings. The van der Waals surface area contributed by atoms with Gasteiger partial charge in [0.25, 0.3) is 0 Å². The predicted octanol–water partition coefficient (Wildman–Crippen LogP) is 7.48. The minimum absolute atomic E-state index is 0.323. The summed E-state index contributed by atoms with van der Waals surface area (Å²) in [6, 6.07) is 10.7. The Bertz CT molecular complexity index is 1030. The van der Waals surface area contributed by atoms with Crippen LogP contribution in [0.15, 0.2) is 52.5 Å². The van der Waals surface area contributed by atoms with Gasteiger partial charge in [0.1, 0.15) is 0 Å². The summed E-state index contributed by atoms with van der Waals surface area (Å²) in [7, 11) is 0. The first kappa shape index (κ1) is 25.8. The van der Waals surface area contributed by atoms with Crippen molar-refractivity contribution in [3.8, 4) is 0 Å². The zero-order chi connectivity index (χ0) is 24.2. The largest absolute Gasteiger partial charge is 0.417 e. The van der Waals surface area contributed by atoms with E-state index in [1.54, 1.807) is 23.5 Å². The molecule has 1 unspecified atom stereocenters. The van der Waals surface area contributed by atoms with E-state index in [9.17, 15) is 18.0 Å². The van der Waals surface area contributed by atoms with Gasteiger partial charge in [-0.1, -0.05) is 24.6 Å². The lowest BCUT2D eigenvalue weighted by Crippen LogP contribution is -2.35. The molecule has 0 saturated carbocycles. The Morgan fingerprint density at radius 3 is 2.48 bits per heavy atom. The number of anilines is 1. The van der Waals surface area contributed by atoms with Crippen LogP contribution in [0.25, 0.3) is 0 Å².